The summed E-state index contributed by atoms with van der Waals surface area (Å²) in [6, 6.07) is 76.8. The van der Waals surface area contributed by atoms with E-state index in [-0.39, 0.29) is 29.9 Å². The normalized spacial score (nSPS) is 13.4. The van der Waals surface area contributed by atoms with E-state index in [1.807, 2.05) is 53.4 Å². The second-order valence-corrected chi connectivity index (χ2v) is 15.3. The molecular weight excluding hydrogens is 723 g/mol. The zero-order valence-corrected chi connectivity index (χ0v) is 32.8. The first-order valence-electron chi connectivity index (χ1n) is 22.4. The van der Waals surface area contributed by atoms with Gasteiger partial charge in [0, 0.05) is 16.9 Å². The minimum Gasteiger partial charge on any atom is -0.310 e. The van der Waals surface area contributed by atoms with Gasteiger partial charge >= 0.3 is 0 Å². The molecule has 1 heteroatoms. The molecule has 1 aliphatic rings. The molecule has 0 bridgehead atoms. The van der Waals surface area contributed by atoms with Crippen LogP contribution in [0.5, 0.6) is 0 Å². The van der Waals surface area contributed by atoms with Gasteiger partial charge in [-0.05, 0) is 108 Å². The third-order valence-corrected chi connectivity index (χ3v) is 12.0. The molecule has 0 aromatic heterocycles. The lowest BCUT2D eigenvalue weighted by atomic mass is 9.68. The lowest BCUT2D eigenvalue weighted by molar-refractivity contribution is 0.768. The summed E-state index contributed by atoms with van der Waals surface area (Å²) in [6.45, 7) is 0. The average Bonchev–Trinajstić information content (AvgIpc) is 3.67. The van der Waals surface area contributed by atoms with E-state index < -0.39 is 5.41 Å². The van der Waals surface area contributed by atoms with Gasteiger partial charge in [-0.1, -0.05) is 212 Å². The van der Waals surface area contributed by atoms with Crippen molar-refractivity contribution < 1.29 is 5.48 Å². The molecule has 0 spiro atoms. The van der Waals surface area contributed by atoms with Gasteiger partial charge in [-0.15, -0.1) is 0 Å². The van der Waals surface area contributed by atoms with E-state index in [2.05, 4.69) is 176 Å². The first kappa shape index (κ1) is 31.3. The second-order valence-electron chi connectivity index (χ2n) is 15.3. The third-order valence-electron chi connectivity index (χ3n) is 12.0. The van der Waals surface area contributed by atoms with Crippen LogP contribution in [-0.4, -0.2) is 0 Å². The Morgan fingerprint density at radius 1 is 0.383 bits per heavy atom. The maximum Gasteiger partial charge on any atom is 0.0714 e. The average molecular weight is 768 g/mol. The van der Waals surface area contributed by atoms with E-state index in [1.165, 1.54) is 0 Å². The largest absolute Gasteiger partial charge is 0.310 e. The molecule has 1 nitrogen and oxygen atoms in total. The minimum atomic E-state index is -0.683. The van der Waals surface area contributed by atoms with E-state index >= 15 is 0 Å². The van der Waals surface area contributed by atoms with Crippen molar-refractivity contribution in [2.45, 2.75) is 5.41 Å². The Bertz CT molecular complexity index is 3320. The fraction of sp³-hybridized carbons (Fsp3) is 0.0169. The number of nitrogens with zero attached hydrogens (tertiary/aromatic N) is 1. The highest BCUT2D eigenvalue weighted by Gasteiger charge is 2.47. The molecule has 0 unspecified atom stereocenters. The molecular formula is C59H41N. The Labute approximate surface area is 357 Å². The SMILES string of the molecule is [2H]c1c([2H])c(-c2cccc3ccccc23)c([2H])c(N(c2ccc(-c3cccc(-c4ccccc4)c3)cc2)c2cccc3c2-c2ccccc2C3(c2ccccc2)c2ccccc2)c1[2H]. The van der Waals surface area contributed by atoms with Crippen LogP contribution in [0.15, 0.2) is 249 Å². The highest BCUT2D eigenvalue weighted by molar-refractivity contribution is 6.00. The van der Waals surface area contributed by atoms with Gasteiger partial charge in [0.1, 0.15) is 0 Å². The van der Waals surface area contributed by atoms with Crippen LogP contribution >= 0.6 is 0 Å². The van der Waals surface area contributed by atoms with Crippen LogP contribution in [0.4, 0.5) is 17.1 Å². The molecule has 10 aromatic carbocycles. The molecule has 0 saturated heterocycles. The van der Waals surface area contributed by atoms with Gasteiger partial charge in [-0.3, -0.25) is 0 Å². The van der Waals surface area contributed by atoms with Crippen LogP contribution < -0.4 is 4.90 Å². The number of hydrogen-bond acceptors (Lipinski definition) is 1. The van der Waals surface area contributed by atoms with Gasteiger partial charge in [0.15, 0.2) is 0 Å². The summed E-state index contributed by atoms with van der Waals surface area (Å²) in [4.78, 5) is 2.00. The maximum absolute atomic E-state index is 10.2. The van der Waals surface area contributed by atoms with Crippen LogP contribution in [0.25, 0.3) is 55.3 Å². The number of fused-ring (bicyclic) bond motifs is 4. The van der Waals surface area contributed by atoms with Crippen molar-refractivity contribution >= 4 is 27.8 Å². The molecule has 10 aromatic rings. The molecule has 0 amide bonds. The molecule has 0 aliphatic heterocycles. The van der Waals surface area contributed by atoms with Gasteiger partial charge in [0.2, 0.25) is 0 Å². The standard InChI is InChI=1S/C59H41N/c1-4-18-42(19-5-1)45-22-14-23-46(40-45)43-36-38-50(39-37-43)60(51-29-15-24-47(41-51)53-32-16-21-44-20-10-11-30-52(44)53)57-35-17-34-56-58(57)54-31-12-13-33-55(54)59(56,48-25-6-2-7-26-48)49-27-8-3-9-28-49/h1-41H/i15D,24D,29D,41D. The summed E-state index contributed by atoms with van der Waals surface area (Å²) >= 11 is 0. The molecule has 11 rings (SSSR count). The summed E-state index contributed by atoms with van der Waals surface area (Å²) in [5.41, 5.74) is 12.9. The summed E-state index contributed by atoms with van der Waals surface area (Å²) in [5, 5.41) is 1.86. The molecule has 0 heterocycles. The quantitative estimate of drug-likeness (QED) is 0.149. The van der Waals surface area contributed by atoms with E-state index in [0.29, 0.717) is 11.1 Å². The monoisotopic (exact) mass is 767 g/mol. The Hall–Kier alpha value is -7.74. The molecule has 1 aliphatic carbocycles. The lowest BCUT2D eigenvalue weighted by Gasteiger charge is -2.34. The predicted octanol–water partition coefficient (Wildman–Crippen LogP) is 15.7. The second kappa shape index (κ2) is 14.9. The topological polar surface area (TPSA) is 3.24 Å². The van der Waals surface area contributed by atoms with Crippen molar-refractivity contribution in [2.24, 2.45) is 0 Å². The van der Waals surface area contributed by atoms with Gasteiger partial charge in [0.05, 0.1) is 16.6 Å². The summed E-state index contributed by atoms with van der Waals surface area (Å²) in [7, 11) is 0. The molecule has 0 radical (unpaired) electrons. The molecule has 0 atom stereocenters. The van der Waals surface area contributed by atoms with Crippen molar-refractivity contribution in [1.29, 1.82) is 0 Å². The van der Waals surface area contributed by atoms with Crippen LogP contribution in [0, 0.1) is 0 Å². The third kappa shape index (κ3) is 5.86. The van der Waals surface area contributed by atoms with Crippen molar-refractivity contribution in [2.75, 3.05) is 4.90 Å². The van der Waals surface area contributed by atoms with Crippen LogP contribution in [0.3, 0.4) is 0 Å². The first-order valence-corrected chi connectivity index (χ1v) is 20.4. The fourth-order valence-corrected chi connectivity index (χ4v) is 9.38. The molecule has 0 saturated carbocycles. The number of rotatable bonds is 8. The highest BCUT2D eigenvalue weighted by atomic mass is 15.1. The first-order chi connectivity index (χ1) is 31.4. The van der Waals surface area contributed by atoms with Crippen LogP contribution in [0.1, 0.15) is 27.7 Å². The van der Waals surface area contributed by atoms with Gasteiger partial charge < -0.3 is 4.90 Å². The van der Waals surface area contributed by atoms with E-state index in [1.54, 1.807) is 0 Å². The van der Waals surface area contributed by atoms with Crippen molar-refractivity contribution in [3.8, 4) is 44.5 Å². The van der Waals surface area contributed by atoms with Gasteiger partial charge in [0.25, 0.3) is 0 Å². The number of anilines is 3. The van der Waals surface area contributed by atoms with Crippen LogP contribution in [0.2, 0.25) is 0 Å². The van der Waals surface area contributed by atoms with Crippen LogP contribution in [-0.2, 0) is 5.41 Å². The summed E-state index contributed by atoms with van der Waals surface area (Å²) in [5.74, 6) is 0. The van der Waals surface area contributed by atoms with E-state index in [9.17, 15) is 5.48 Å². The van der Waals surface area contributed by atoms with Crippen molar-refractivity contribution in [3.63, 3.8) is 0 Å². The van der Waals surface area contributed by atoms with Gasteiger partial charge in [-0.25, -0.2) is 0 Å². The Morgan fingerprint density at radius 2 is 0.933 bits per heavy atom. The predicted molar refractivity (Wildman–Crippen MR) is 252 cm³/mol. The smallest absolute Gasteiger partial charge is 0.0714 e. The Balaban J connectivity index is 1.19. The molecule has 282 valence electrons. The van der Waals surface area contributed by atoms with Gasteiger partial charge in [-0.2, -0.15) is 0 Å². The molecule has 0 fully saturated rings. The minimum absolute atomic E-state index is 0.0169. The molecule has 60 heavy (non-hydrogen) atoms. The number of hydrogen-bond donors (Lipinski definition) is 0. The van der Waals surface area contributed by atoms with Crippen molar-refractivity contribution in [3.05, 3.63) is 271 Å². The fourth-order valence-electron chi connectivity index (χ4n) is 9.38. The van der Waals surface area contributed by atoms with E-state index in [4.69, 9.17) is 0 Å². The zero-order valence-electron chi connectivity index (χ0n) is 36.8. The zero-order chi connectivity index (χ0) is 43.4. The summed E-state index contributed by atoms with van der Waals surface area (Å²) < 4.78 is 38.7. The molecule has 0 N–H and O–H groups in total. The maximum atomic E-state index is 10.2. The Kier molecular flexibility index (Phi) is 7.76. The number of benzene rings is 10. The lowest BCUT2D eigenvalue weighted by Crippen LogP contribution is -2.28. The highest BCUT2D eigenvalue weighted by Crippen LogP contribution is 2.59. The van der Waals surface area contributed by atoms with Crippen molar-refractivity contribution in [1.82, 2.24) is 0 Å². The Morgan fingerprint density at radius 3 is 1.68 bits per heavy atom. The summed E-state index contributed by atoms with van der Waals surface area (Å²) in [6.07, 6.45) is 0. The van der Waals surface area contributed by atoms with E-state index in [0.717, 1.165) is 77.8 Å².